The second-order valence-electron chi connectivity index (χ2n) is 7.36. The SMILES string of the molecule is c1ccc(-c2ccc3c(c2)C2CC4CC(CC3C4)C2)nc1. The van der Waals surface area contributed by atoms with Crippen molar-refractivity contribution in [2.24, 2.45) is 11.8 Å². The van der Waals surface area contributed by atoms with Gasteiger partial charge in [-0.15, -0.1) is 0 Å². The van der Waals surface area contributed by atoms with Gasteiger partial charge in [0.15, 0.2) is 0 Å². The van der Waals surface area contributed by atoms with Crippen LogP contribution in [0.5, 0.6) is 0 Å². The average Bonchev–Trinajstić information content (AvgIpc) is 2.70. The van der Waals surface area contributed by atoms with Crippen molar-refractivity contribution < 1.29 is 0 Å². The molecule has 0 saturated heterocycles. The topological polar surface area (TPSA) is 12.9 Å². The first kappa shape index (κ1) is 12.0. The maximum atomic E-state index is 4.53. The Kier molecular flexibility index (Phi) is 2.52. The van der Waals surface area contributed by atoms with Crippen molar-refractivity contribution in [2.45, 2.75) is 43.9 Å². The van der Waals surface area contributed by atoms with Gasteiger partial charge >= 0.3 is 0 Å². The lowest BCUT2D eigenvalue weighted by molar-refractivity contribution is 0.166. The van der Waals surface area contributed by atoms with Crippen LogP contribution in [0.1, 0.15) is 55.1 Å². The molecule has 2 atom stereocenters. The van der Waals surface area contributed by atoms with E-state index in [0.29, 0.717) is 0 Å². The molecule has 1 nitrogen and oxygen atoms in total. The predicted octanol–water partition coefficient (Wildman–Crippen LogP) is 5.14. The zero-order chi connectivity index (χ0) is 13.8. The molecule has 2 saturated carbocycles. The van der Waals surface area contributed by atoms with Crippen LogP contribution in [-0.2, 0) is 0 Å². The van der Waals surface area contributed by atoms with Crippen molar-refractivity contribution in [3.8, 4) is 11.3 Å². The standard InChI is InChI=1S/C20H21N/c1-2-6-21-20(3-1)15-4-5-18-16-8-13-7-14(9-16)11-17(10-13)19(18)12-15/h1-6,12-14,16-17H,7-11H2. The Bertz CT molecular complexity index is 661. The van der Waals surface area contributed by atoms with E-state index >= 15 is 0 Å². The van der Waals surface area contributed by atoms with E-state index in [4.69, 9.17) is 0 Å². The highest BCUT2D eigenvalue weighted by atomic mass is 14.7. The number of hydrogen-bond acceptors (Lipinski definition) is 1. The van der Waals surface area contributed by atoms with Crippen LogP contribution in [0.15, 0.2) is 42.6 Å². The summed E-state index contributed by atoms with van der Waals surface area (Å²) in [5.41, 5.74) is 5.75. The molecule has 6 rings (SSSR count). The number of aromatic nitrogens is 1. The maximum Gasteiger partial charge on any atom is 0.0702 e. The Morgan fingerprint density at radius 1 is 0.762 bits per heavy atom. The van der Waals surface area contributed by atoms with Crippen molar-refractivity contribution in [1.82, 2.24) is 4.98 Å². The number of benzene rings is 1. The van der Waals surface area contributed by atoms with Crippen molar-refractivity contribution in [3.05, 3.63) is 53.7 Å². The number of pyridine rings is 1. The van der Waals surface area contributed by atoms with E-state index in [-0.39, 0.29) is 0 Å². The molecule has 1 aromatic carbocycles. The van der Waals surface area contributed by atoms with E-state index in [1.54, 1.807) is 11.1 Å². The van der Waals surface area contributed by atoms with Crippen LogP contribution >= 0.6 is 0 Å². The Labute approximate surface area is 126 Å². The minimum Gasteiger partial charge on any atom is -0.256 e. The summed E-state index contributed by atoms with van der Waals surface area (Å²) in [5.74, 6) is 3.66. The first-order valence-corrected chi connectivity index (χ1v) is 8.42. The van der Waals surface area contributed by atoms with E-state index in [9.17, 15) is 0 Å². The molecular formula is C20H21N. The number of rotatable bonds is 1. The van der Waals surface area contributed by atoms with Gasteiger partial charge in [-0.25, -0.2) is 0 Å². The molecule has 0 radical (unpaired) electrons. The van der Waals surface area contributed by atoms with Gasteiger partial charge < -0.3 is 0 Å². The number of hydrogen-bond donors (Lipinski definition) is 0. The lowest BCUT2D eigenvalue weighted by atomic mass is 9.67. The summed E-state index contributed by atoms with van der Waals surface area (Å²) in [5, 5.41) is 0. The van der Waals surface area contributed by atoms with E-state index < -0.39 is 0 Å². The number of nitrogens with zero attached hydrogens (tertiary/aromatic N) is 1. The Hall–Kier alpha value is -1.63. The molecule has 4 aliphatic rings. The summed E-state index contributed by atoms with van der Waals surface area (Å²) in [7, 11) is 0. The molecule has 2 aromatic rings. The maximum absolute atomic E-state index is 4.53. The van der Waals surface area contributed by atoms with E-state index in [0.717, 1.165) is 29.4 Å². The molecule has 4 bridgehead atoms. The largest absolute Gasteiger partial charge is 0.256 e. The van der Waals surface area contributed by atoms with E-state index in [1.807, 2.05) is 12.3 Å². The minimum atomic E-state index is 0.819. The second-order valence-corrected chi connectivity index (χ2v) is 7.36. The van der Waals surface area contributed by atoms with Crippen molar-refractivity contribution in [1.29, 1.82) is 0 Å². The normalized spacial score (nSPS) is 32.8. The lowest BCUT2D eigenvalue weighted by Crippen LogP contribution is -2.25. The summed E-state index contributed by atoms with van der Waals surface area (Å²) in [6, 6.07) is 13.4. The molecule has 2 fully saturated rings. The lowest BCUT2D eigenvalue weighted by Gasteiger charge is -2.38. The molecule has 0 N–H and O–H groups in total. The van der Waals surface area contributed by atoms with E-state index in [2.05, 4.69) is 35.3 Å². The summed E-state index contributed by atoms with van der Waals surface area (Å²) < 4.78 is 0. The van der Waals surface area contributed by atoms with Crippen LogP contribution in [0.3, 0.4) is 0 Å². The molecule has 4 aliphatic carbocycles. The van der Waals surface area contributed by atoms with E-state index in [1.165, 1.54) is 37.7 Å². The highest BCUT2D eigenvalue weighted by Gasteiger charge is 2.41. The van der Waals surface area contributed by atoms with Gasteiger partial charge in [-0.3, -0.25) is 4.98 Å². The van der Waals surface area contributed by atoms with Gasteiger partial charge in [-0.1, -0.05) is 18.2 Å². The highest BCUT2D eigenvalue weighted by Crippen LogP contribution is 2.56. The van der Waals surface area contributed by atoms with Gasteiger partial charge in [0.25, 0.3) is 0 Å². The van der Waals surface area contributed by atoms with Gasteiger partial charge in [0.05, 0.1) is 5.69 Å². The highest BCUT2D eigenvalue weighted by molar-refractivity contribution is 5.62. The fourth-order valence-corrected chi connectivity index (χ4v) is 5.35. The van der Waals surface area contributed by atoms with Crippen molar-refractivity contribution >= 4 is 0 Å². The second kappa shape index (κ2) is 4.43. The van der Waals surface area contributed by atoms with Crippen LogP contribution < -0.4 is 0 Å². The van der Waals surface area contributed by atoms with Gasteiger partial charge in [0.2, 0.25) is 0 Å². The quantitative estimate of drug-likeness (QED) is 0.702. The Morgan fingerprint density at radius 2 is 1.52 bits per heavy atom. The smallest absolute Gasteiger partial charge is 0.0702 e. The third-order valence-corrected chi connectivity index (χ3v) is 6.07. The van der Waals surface area contributed by atoms with Gasteiger partial charge in [-0.05, 0) is 85.1 Å². The first-order valence-electron chi connectivity index (χ1n) is 8.42. The fraction of sp³-hybridized carbons (Fsp3) is 0.450. The fourth-order valence-electron chi connectivity index (χ4n) is 5.35. The van der Waals surface area contributed by atoms with Crippen LogP contribution in [0, 0.1) is 11.8 Å². The third-order valence-electron chi connectivity index (χ3n) is 6.07. The Morgan fingerprint density at radius 3 is 2.24 bits per heavy atom. The molecule has 21 heavy (non-hydrogen) atoms. The average molecular weight is 275 g/mol. The summed E-state index contributed by atoms with van der Waals surface area (Å²) in [6.07, 6.45) is 9.17. The summed E-state index contributed by atoms with van der Waals surface area (Å²) in [4.78, 5) is 4.53. The monoisotopic (exact) mass is 275 g/mol. The summed E-state index contributed by atoms with van der Waals surface area (Å²) >= 11 is 0. The minimum absolute atomic E-state index is 0.819. The van der Waals surface area contributed by atoms with Gasteiger partial charge in [0.1, 0.15) is 0 Å². The van der Waals surface area contributed by atoms with Gasteiger partial charge in [0, 0.05) is 11.8 Å². The summed E-state index contributed by atoms with van der Waals surface area (Å²) in [6.45, 7) is 0. The van der Waals surface area contributed by atoms with Crippen LogP contribution in [0.4, 0.5) is 0 Å². The zero-order valence-corrected chi connectivity index (χ0v) is 12.3. The third kappa shape index (κ3) is 1.87. The van der Waals surface area contributed by atoms with Crippen molar-refractivity contribution in [2.75, 3.05) is 0 Å². The molecule has 2 unspecified atom stereocenters. The van der Waals surface area contributed by atoms with Crippen molar-refractivity contribution in [3.63, 3.8) is 0 Å². The van der Waals surface area contributed by atoms with Gasteiger partial charge in [-0.2, -0.15) is 0 Å². The molecule has 1 heterocycles. The molecule has 0 spiro atoms. The molecule has 1 heteroatoms. The molecule has 1 aromatic heterocycles. The predicted molar refractivity (Wildman–Crippen MR) is 85.2 cm³/mol. The van der Waals surface area contributed by atoms with Crippen LogP contribution in [0.25, 0.3) is 11.3 Å². The molecule has 0 amide bonds. The Balaban J connectivity index is 1.64. The zero-order valence-electron chi connectivity index (χ0n) is 12.3. The van der Waals surface area contributed by atoms with Crippen LogP contribution in [-0.4, -0.2) is 4.98 Å². The molecule has 106 valence electrons. The molecular weight excluding hydrogens is 254 g/mol. The first-order chi connectivity index (χ1) is 10.4. The molecule has 0 aliphatic heterocycles. The van der Waals surface area contributed by atoms with Crippen LogP contribution in [0.2, 0.25) is 0 Å².